The second-order valence-electron chi connectivity index (χ2n) is 12.4. The number of hydrogen-bond donors (Lipinski definition) is 0. The van der Waals surface area contributed by atoms with Gasteiger partial charge in [-0.15, -0.1) is 0 Å². The smallest absolute Gasteiger partial charge is 0.238 e. The van der Waals surface area contributed by atoms with Crippen LogP contribution in [0.25, 0.3) is 94.7 Å². The van der Waals surface area contributed by atoms with E-state index in [1.54, 1.807) is 0 Å². The number of para-hydroxylation sites is 3. The Labute approximate surface area is 287 Å². The summed E-state index contributed by atoms with van der Waals surface area (Å²) in [5.41, 5.74) is 9.98. The van der Waals surface area contributed by atoms with Crippen molar-refractivity contribution in [1.29, 1.82) is 0 Å². The molecule has 10 rings (SSSR count). The molecule has 0 aliphatic heterocycles. The zero-order valence-corrected chi connectivity index (χ0v) is 26.9. The van der Waals surface area contributed by atoms with E-state index < -0.39 is 0 Å². The number of furan rings is 1. The third-order valence-electron chi connectivity index (χ3n) is 9.50. The van der Waals surface area contributed by atoms with E-state index in [0.29, 0.717) is 17.6 Å². The normalized spacial score (nSPS) is 11.6. The Morgan fingerprint density at radius 2 is 0.920 bits per heavy atom. The van der Waals surface area contributed by atoms with E-state index in [2.05, 4.69) is 126 Å². The Morgan fingerprint density at radius 1 is 0.380 bits per heavy atom. The molecule has 5 nitrogen and oxygen atoms in total. The minimum absolute atomic E-state index is 0.550. The Hall–Kier alpha value is -6.85. The Morgan fingerprint density at radius 3 is 1.64 bits per heavy atom. The number of benzene rings is 7. The topological polar surface area (TPSA) is 56.7 Å². The lowest BCUT2D eigenvalue weighted by Crippen LogP contribution is -2.06. The first-order valence-electron chi connectivity index (χ1n) is 16.7. The van der Waals surface area contributed by atoms with Crippen LogP contribution in [0.4, 0.5) is 0 Å². The maximum atomic E-state index is 6.70. The molecule has 234 valence electrons. The molecule has 0 amide bonds. The monoisotopic (exact) mass is 640 g/mol. The first-order valence-corrected chi connectivity index (χ1v) is 16.7. The standard InChI is InChI=1S/C45H28N4O/c1-3-13-29(14-4-1)30-25-27-31(28-26-30)33-19-12-24-40-41(33)36-20-11-21-37(42(36)50-40)44-46-43(32-15-5-2-6-16-32)47-45(48-44)49-38-22-9-7-17-34(38)35-18-8-10-23-39(35)49/h1-28H. The van der Waals surface area contributed by atoms with Crippen LogP contribution in [0.2, 0.25) is 0 Å². The SMILES string of the molecule is c1ccc(-c2ccc(-c3cccc4oc5c(-c6nc(-c7ccccc7)nc(-n7c8ccccc8c8ccccc87)n6)cccc5c34)cc2)cc1. The summed E-state index contributed by atoms with van der Waals surface area (Å²) < 4.78 is 8.84. The molecule has 0 aliphatic rings. The van der Waals surface area contributed by atoms with Gasteiger partial charge in [-0.1, -0.05) is 146 Å². The van der Waals surface area contributed by atoms with Crippen LogP contribution in [0.3, 0.4) is 0 Å². The highest BCUT2D eigenvalue weighted by Crippen LogP contribution is 2.41. The molecule has 0 saturated heterocycles. The number of rotatable bonds is 5. The lowest BCUT2D eigenvalue weighted by atomic mass is 9.96. The minimum atomic E-state index is 0.550. The molecular formula is C45H28N4O. The van der Waals surface area contributed by atoms with Gasteiger partial charge in [0, 0.05) is 27.1 Å². The second-order valence-corrected chi connectivity index (χ2v) is 12.4. The molecule has 0 N–H and O–H groups in total. The van der Waals surface area contributed by atoms with Crippen molar-refractivity contribution in [3.8, 4) is 51.0 Å². The van der Waals surface area contributed by atoms with Crippen molar-refractivity contribution in [1.82, 2.24) is 19.5 Å². The van der Waals surface area contributed by atoms with Crippen LogP contribution in [-0.2, 0) is 0 Å². The molecule has 0 unspecified atom stereocenters. The number of aromatic nitrogens is 4. The van der Waals surface area contributed by atoms with Gasteiger partial charge in [-0.3, -0.25) is 4.57 Å². The molecule has 0 spiro atoms. The van der Waals surface area contributed by atoms with Gasteiger partial charge in [0.2, 0.25) is 5.95 Å². The Balaban J connectivity index is 1.19. The molecule has 7 aromatic carbocycles. The van der Waals surface area contributed by atoms with Crippen LogP contribution in [0, 0.1) is 0 Å². The van der Waals surface area contributed by atoms with E-state index in [1.807, 2.05) is 48.5 Å². The third-order valence-corrected chi connectivity index (χ3v) is 9.50. The lowest BCUT2D eigenvalue weighted by molar-refractivity contribution is 0.669. The van der Waals surface area contributed by atoms with E-state index in [-0.39, 0.29) is 0 Å². The van der Waals surface area contributed by atoms with E-state index >= 15 is 0 Å². The predicted molar refractivity (Wildman–Crippen MR) is 203 cm³/mol. The summed E-state index contributed by atoms with van der Waals surface area (Å²) in [6.45, 7) is 0. The first-order chi connectivity index (χ1) is 24.8. The molecule has 10 aromatic rings. The zero-order valence-electron chi connectivity index (χ0n) is 26.9. The molecule has 0 bridgehead atoms. The Bertz CT molecular complexity index is 2800. The van der Waals surface area contributed by atoms with Crippen molar-refractivity contribution < 1.29 is 4.42 Å². The lowest BCUT2D eigenvalue weighted by Gasteiger charge is -2.11. The summed E-state index contributed by atoms with van der Waals surface area (Å²) in [5, 5.41) is 4.38. The number of fused-ring (bicyclic) bond motifs is 6. The molecule has 3 heterocycles. The molecule has 0 saturated carbocycles. The fraction of sp³-hybridized carbons (Fsp3) is 0. The van der Waals surface area contributed by atoms with Gasteiger partial charge in [0.1, 0.15) is 11.2 Å². The van der Waals surface area contributed by atoms with Gasteiger partial charge in [-0.05, 0) is 46.5 Å². The average Bonchev–Trinajstić information content (AvgIpc) is 3.75. The van der Waals surface area contributed by atoms with Gasteiger partial charge in [0.05, 0.1) is 16.6 Å². The van der Waals surface area contributed by atoms with E-state index in [1.165, 1.54) is 11.1 Å². The van der Waals surface area contributed by atoms with Crippen molar-refractivity contribution in [2.45, 2.75) is 0 Å². The van der Waals surface area contributed by atoms with Crippen molar-refractivity contribution in [3.63, 3.8) is 0 Å². The summed E-state index contributed by atoms with van der Waals surface area (Å²) in [4.78, 5) is 15.4. The van der Waals surface area contributed by atoms with Crippen molar-refractivity contribution in [2.75, 3.05) is 0 Å². The van der Waals surface area contributed by atoms with Gasteiger partial charge in [0.25, 0.3) is 0 Å². The first kappa shape index (κ1) is 28.2. The minimum Gasteiger partial charge on any atom is -0.455 e. The number of hydrogen-bond acceptors (Lipinski definition) is 4. The highest BCUT2D eigenvalue weighted by Gasteiger charge is 2.21. The molecule has 0 radical (unpaired) electrons. The van der Waals surface area contributed by atoms with Gasteiger partial charge in [-0.2, -0.15) is 9.97 Å². The van der Waals surface area contributed by atoms with Gasteiger partial charge in [0.15, 0.2) is 11.6 Å². The maximum Gasteiger partial charge on any atom is 0.238 e. The van der Waals surface area contributed by atoms with Gasteiger partial charge >= 0.3 is 0 Å². The highest BCUT2D eigenvalue weighted by molar-refractivity contribution is 6.15. The third kappa shape index (κ3) is 4.52. The molecule has 0 atom stereocenters. The van der Waals surface area contributed by atoms with Crippen molar-refractivity contribution in [3.05, 3.63) is 170 Å². The Kier molecular flexibility index (Phi) is 6.42. The largest absolute Gasteiger partial charge is 0.455 e. The summed E-state index contributed by atoms with van der Waals surface area (Å²) in [5.74, 6) is 1.70. The highest BCUT2D eigenvalue weighted by atomic mass is 16.3. The van der Waals surface area contributed by atoms with Crippen LogP contribution in [-0.4, -0.2) is 19.5 Å². The predicted octanol–water partition coefficient (Wildman–Crippen LogP) is 11.5. The average molecular weight is 641 g/mol. The van der Waals surface area contributed by atoms with Crippen LogP contribution in [0.15, 0.2) is 174 Å². The van der Waals surface area contributed by atoms with Crippen LogP contribution < -0.4 is 0 Å². The fourth-order valence-corrected chi connectivity index (χ4v) is 7.18. The van der Waals surface area contributed by atoms with Crippen LogP contribution >= 0.6 is 0 Å². The molecule has 50 heavy (non-hydrogen) atoms. The number of nitrogens with zero attached hydrogens (tertiary/aromatic N) is 4. The molecule has 3 aromatic heterocycles. The van der Waals surface area contributed by atoms with Gasteiger partial charge in [-0.25, -0.2) is 4.98 Å². The quantitative estimate of drug-likeness (QED) is 0.188. The second kappa shape index (κ2) is 11.4. The van der Waals surface area contributed by atoms with E-state index in [0.717, 1.165) is 66.0 Å². The van der Waals surface area contributed by atoms with Crippen LogP contribution in [0.1, 0.15) is 0 Å². The molecule has 0 aliphatic carbocycles. The molecule has 5 heteroatoms. The van der Waals surface area contributed by atoms with Gasteiger partial charge < -0.3 is 4.42 Å². The van der Waals surface area contributed by atoms with Crippen molar-refractivity contribution in [2.24, 2.45) is 0 Å². The maximum absolute atomic E-state index is 6.70. The summed E-state index contributed by atoms with van der Waals surface area (Å²) >= 11 is 0. The zero-order chi connectivity index (χ0) is 33.0. The van der Waals surface area contributed by atoms with E-state index in [4.69, 9.17) is 19.4 Å². The molecule has 0 fully saturated rings. The van der Waals surface area contributed by atoms with Crippen LogP contribution in [0.5, 0.6) is 0 Å². The molecular weight excluding hydrogens is 613 g/mol. The summed E-state index contributed by atoms with van der Waals surface area (Å²) in [7, 11) is 0. The summed E-state index contributed by atoms with van der Waals surface area (Å²) in [6.07, 6.45) is 0. The fourth-order valence-electron chi connectivity index (χ4n) is 7.18. The summed E-state index contributed by atoms with van der Waals surface area (Å²) in [6, 6.07) is 58.6. The van der Waals surface area contributed by atoms with Crippen molar-refractivity contribution >= 4 is 43.7 Å². The van der Waals surface area contributed by atoms with E-state index in [9.17, 15) is 0 Å².